The first-order chi connectivity index (χ1) is 12.0. The predicted octanol–water partition coefficient (Wildman–Crippen LogP) is 3.78. The van der Waals surface area contributed by atoms with Crippen molar-refractivity contribution in [3.05, 3.63) is 30.1 Å². The number of rotatable bonds is 6. The third kappa shape index (κ3) is 3.43. The summed E-state index contributed by atoms with van der Waals surface area (Å²) in [6.45, 7) is 7.27. The van der Waals surface area contributed by atoms with Crippen LogP contribution in [0.15, 0.2) is 29.4 Å². The summed E-state index contributed by atoms with van der Waals surface area (Å²) < 4.78 is 2.29. The number of hydrogen-bond acceptors (Lipinski definition) is 5. The van der Waals surface area contributed by atoms with E-state index in [9.17, 15) is 0 Å². The highest BCUT2D eigenvalue weighted by molar-refractivity contribution is 6.06. The first kappa shape index (κ1) is 17.2. The number of fused-ring (bicyclic) bond motifs is 3. The van der Waals surface area contributed by atoms with Gasteiger partial charge in [-0.15, -0.1) is 0 Å². The minimum Gasteiger partial charge on any atom is -0.399 e. The van der Waals surface area contributed by atoms with Crippen LogP contribution in [0.3, 0.4) is 0 Å². The third-order valence-corrected chi connectivity index (χ3v) is 4.19. The molecule has 0 spiro atoms. The summed E-state index contributed by atoms with van der Waals surface area (Å²) in [5.74, 6) is 2.00. The highest BCUT2D eigenvalue weighted by Crippen LogP contribution is 2.29. The summed E-state index contributed by atoms with van der Waals surface area (Å²) in [6, 6.07) is 8.09. The highest BCUT2D eigenvalue weighted by atomic mass is 16.6. The van der Waals surface area contributed by atoms with Crippen molar-refractivity contribution in [1.82, 2.24) is 14.5 Å². The van der Waals surface area contributed by atoms with Crippen molar-refractivity contribution in [1.29, 1.82) is 0 Å². The molecule has 3 rings (SSSR count). The van der Waals surface area contributed by atoms with Gasteiger partial charge in [0.05, 0.1) is 16.7 Å². The molecule has 0 unspecified atom stereocenters. The number of pyridine rings is 1. The van der Waals surface area contributed by atoms with Gasteiger partial charge >= 0.3 is 0 Å². The van der Waals surface area contributed by atoms with Crippen molar-refractivity contribution in [3.8, 4) is 0 Å². The average Bonchev–Trinajstić information content (AvgIpc) is 2.92. The van der Waals surface area contributed by atoms with Crippen LogP contribution in [-0.2, 0) is 17.8 Å². The van der Waals surface area contributed by atoms with Gasteiger partial charge in [-0.3, -0.25) is 0 Å². The van der Waals surface area contributed by atoms with Gasteiger partial charge < -0.3 is 15.1 Å². The molecule has 0 radical (unpaired) electrons. The van der Waals surface area contributed by atoms with Crippen molar-refractivity contribution in [2.75, 3.05) is 12.8 Å². The second-order valence-electron chi connectivity index (χ2n) is 6.75. The Bertz CT molecular complexity index is 926. The van der Waals surface area contributed by atoms with Crippen LogP contribution in [-0.4, -0.2) is 27.4 Å². The Labute approximate surface area is 147 Å². The molecule has 6 nitrogen and oxygen atoms in total. The zero-order chi connectivity index (χ0) is 18.0. The first-order valence-electron chi connectivity index (χ1n) is 8.61. The number of imidazole rings is 1. The molecule has 3 aromatic rings. The van der Waals surface area contributed by atoms with Crippen LogP contribution in [0, 0.1) is 5.92 Å². The normalized spacial score (nSPS) is 12.4. The van der Waals surface area contributed by atoms with Gasteiger partial charge in [-0.05, 0) is 25.3 Å². The summed E-state index contributed by atoms with van der Waals surface area (Å²) in [7, 11) is 1.57. The van der Waals surface area contributed by atoms with Crippen LogP contribution in [0.4, 0.5) is 5.82 Å². The van der Waals surface area contributed by atoms with Crippen molar-refractivity contribution >= 4 is 33.5 Å². The van der Waals surface area contributed by atoms with E-state index in [1.54, 1.807) is 7.11 Å². The summed E-state index contributed by atoms with van der Waals surface area (Å²) in [5, 5.41) is 5.09. The molecule has 1 aromatic carbocycles. The van der Waals surface area contributed by atoms with Crippen LogP contribution in [0.1, 0.15) is 33.0 Å². The van der Waals surface area contributed by atoms with Crippen LogP contribution >= 0.6 is 0 Å². The van der Waals surface area contributed by atoms with Gasteiger partial charge in [-0.1, -0.05) is 37.2 Å². The van der Waals surface area contributed by atoms with Crippen molar-refractivity contribution in [2.24, 2.45) is 11.1 Å². The molecule has 6 heteroatoms. The maximum atomic E-state index is 6.21. The zero-order valence-electron chi connectivity index (χ0n) is 15.3. The van der Waals surface area contributed by atoms with E-state index in [0.29, 0.717) is 11.7 Å². The second kappa shape index (κ2) is 7.09. The van der Waals surface area contributed by atoms with Gasteiger partial charge in [-0.2, -0.15) is 0 Å². The summed E-state index contributed by atoms with van der Waals surface area (Å²) >= 11 is 0. The highest BCUT2D eigenvalue weighted by Gasteiger charge is 2.17. The van der Waals surface area contributed by atoms with E-state index in [1.165, 1.54) is 0 Å². The standard InChI is InChI=1S/C19H25N5O/c1-12(2)11-24-16(10-9-13(3)23-25-4)22-17-18(24)14-7-5-6-8-15(14)21-19(17)20/h5-8,12H,9-11H2,1-4H3,(H2,20,21). The Balaban J connectivity index is 2.17. The average molecular weight is 339 g/mol. The Morgan fingerprint density at radius 2 is 2.04 bits per heavy atom. The largest absolute Gasteiger partial charge is 0.399 e. The van der Waals surface area contributed by atoms with Gasteiger partial charge in [0.15, 0.2) is 5.82 Å². The van der Waals surface area contributed by atoms with Crippen molar-refractivity contribution in [3.63, 3.8) is 0 Å². The van der Waals surface area contributed by atoms with Crippen LogP contribution in [0.2, 0.25) is 0 Å². The lowest BCUT2D eigenvalue weighted by molar-refractivity contribution is 0.212. The fraction of sp³-hybridized carbons (Fsp3) is 0.421. The Hall–Kier alpha value is -2.63. The molecule has 132 valence electrons. The van der Waals surface area contributed by atoms with Gasteiger partial charge in [0, 0.05) is 18.4 Å². The number of oxime groups is 1. The minimum atomic E-state index is 0.486. The zero-order valence-corrected chi connectivity index (χ0v) is 15.3. The quantitative estimate of drug-likeness (QED) is 0.547. The van der Waals surface area contributed by atoms with Gasteiger partial charge in [0.1, 0.15) is 18.5 Å². The number of benzene rings is 1. The molecule has 0 bridgehead atoms. The number of aryl methyl sites for hydroxylation is 1. The van der Waals surface area contributed by atoms with E-state index in [1.807, 2.05) is 25.1 Å². The summed E-state index contributed by atoms with van der Waals surface area (Å²) in [6.07, 6.45) is 1.58. The molecule has 0 amide bonds. The molecule has 0 aliphatic carbocycles. The van der Waals surface area contributed by atoms with Gasteiger partial charge in [0.25, 0.3) is 0 Å². The number of nitrogen functional groups attached to an aromatic ring is 1. The molecule has 0 aliphatic heterocycles. The lowest BCUT2D eigenvalue weighted by Gasteiger charge is -2.13. The molecule has 0 fully saturated rings. The Morgan fingerprint density at radius 3 is 2.76 bits per heavy atom. The molecule has 2 aromatic heterocycles. The minimum absolute atomic E-state index is 0.486. The third-order valence-electron chi connectivity index (χ3n) is 4.19. The number of nitrogens with zero attached hydrogens (tertiary/aromatic N) is 4. The number of hydrogen-bond donors (Lipinski definition) is 1. The molecule has 0 aliphatic rings. The Kier molecular flexibility index (Phi) is 4.88. The molecule has 0 saturated heterocycles. The Morgan fingerprint density at radius 1 is 1.28 bits per heavy atom. The van der Waals surface area contributed by atoms with Crippen LogP contribution < -0.4 is 5.73 Å². The van der Waals surface area contributed by atoms with E-state index >= 15 is 0 Å². The van der Waals surface area contributed by atoms with E-state index in [4.69, 9.17) is 15.6 Å². The molecular weight excluding hydrogens is 314 g/mol. The smallest absolute Gasteiger partial charge is 0.152 e. The molecular formula is C19H25N5O. The van der Waals surface area contributed by atoms with Gasteiger partial charge in [0.2, 0.25) is 0 Å². The summed E-state index contributed by atoms with van der Waals surface area (Å²) in [5.41, 5.74) is 9.92. The SMILES string of the molecule is CON=C(C)CCc1nc2c(N)nc3ccccc3c2n1CC(C)C. The van der Waals surface area contributed by atoms with Crippen LogP contribution in [0.25, 0.3) is 21.9 Å². The molecule has 0 saturated carbocycles. The second-order valence-corrected chi connectivity index (χ2v) is 6.75. The number of aromatic nitrogens is 3. The number of anilines is 1. The lowest BCUT2D eigenvalue weighted by Crippen LogP contribution is -2.10. The molecule has 2 heterocycles. The van der Waals surface area contributed by atoms with Crippen molar-refractivity contribution in [2.45, 2.75) is 40.2 Å². The van der Waals surface area contributed by atoms with E-state index in [2.05, 4.69) is 34.6 Å². The topological polar surface area (TPSA) is 78.3 Å². The fourth-order valence-corrected chi connectivity index (χ4v) is 3.15. The molecule has 25 heavy (non-hydrogen) atoms. The van der Waals surface area contributed by atoms with E-state index in [0.717, 1.165) is 52.9 Å². The maximum Gasteiger partial charge on any atom is 0.152 e. The number of para-hydroxylation sites is 1. The van der Waals surface area contributed by atoms with Crippen LogP contribution in [0.5, 0.6) is 0 Å². The van der Waals surface area contributed by atoms with E-state index in [-0.39, 0.29) is 0 Å². The van der Waals surface area contributed by atoms with Crippen molar-refractivity contribution < 1.29 is 4.84 Å². The first-order valence-corrected chi connectivity index (χ1v) is 8.61. The van der Waals surface area contributed by atoms with E-state index < -0.39 is 0 Å². The number of nitrogens with two attached hydrogens (primary N) is 1. The lowest BCUT2D eigenvalue weighted by atomic mass is 10.1. The predicted molar refractivity (Wildman–Crippen MR) is 103 cm³/mol. The summed E-state index contributed by atoms with van der Waals surface area (Å²) in [4.78, 5) is 14.2. The fourth-order valence-electron chi connectivity index (χ4n) is 3.15. The van der Waals surface area contributed by atoms with Gasteiger partial charge in [-0.25, -0.2) is 9.97 Å². The molecule has 2 N–H and O–H groups in total. The monoisotopic (exact) mass is 339 g/mol. The maximum absolute atomic E-state index is 6.21. The molecule has 0 atom stereocenters.